The molecule has 6 heteroatoms. The molecular weight excluding hydrogens is 266 g/mol. The van der Waals surface area contributed by atoms with Crippen LogP contribution in [-0.4, -0.2) is 28.8 Å². The van der Waals surface area contributed by atoms with Crippen molar-refractivity contribution in [2.75, 3.05) is 0 Å². The van der Waals surface area contributed by atoms with Crippen molar-refractivity contribution in [2.45, 2.75) is 45.3 Å². The molecule has 0 radical (unpaired) electrons. The fourth-order valence-corrected chi connectivity index (χ4v) is 2.23. The lowest BCUT2D eigenvalue weighted by atomic mass is 10.1. The highest BCUT2D eigenvalue weighted by molar-refractivity contribution is 7.07. The number of alkyl carbamates (subject to hydrolysis) is 1. The summed E-state index contributed by atoms with van der Waals surface area (Å²) in [5.41, 5.74) is 0.410. The van der Waals surface area contributed by atoms with Crippen molar-refractivity contribution in [3.05, 3.63) is 22.4 Å². The molecule has 1 amide bonds. The minimum absolute atomic E-state index is 0.130. The Bertz CT molecular complexity index is 422. The molecule has 19 heavy (non-hydrogen) atoms. The monoisotopic (exact) mass is 285 g/mol. The summed E-state index contributed by atoms with van der Waals surface area (Å²) < 4.78 is 5.13. The van der Waals surface area contributed by atoms with Crippen molar-refractivity contribution in [2.24, 2.45) is 0 Å². The molecule has 106 valence electrons. The molecule has 0 bridgehead atoms. The number of carboxylic acid groups (broad SMARTS) is 1. The number of hydrogen-bond acceptors (Lipinski definition) is 4. The number of hydrogen-bond donors (Lipinski definition) is 2. The third kappa shape index (κ3) is 6.81. The zero-order valence-corrected chi connectivity index (χ0v) is 12.1. The highest BCUT2D eigenvalue weighted by Crippen LogP contribution is 2.12. The Kier molecular flexibility index (Phi) is 5.35. The molecule has 1 aromatic heterocycles. The van der Waals surface area contributed by atoms with E-state index in [1.807, 2.05) is 16.8 Å². The van der Waals surface area contributed by atoms with Gasteiger partial charge < -0.3 is 15.2 Å². The van der Waals surface area contributed by atoms with E-state index in [1.54, 1.807) is 20.8 Å². The van der Waals surface area contributed by atoms with Gasteiger partial charge in [0, 0.05) is 6.04 Å². The predicted molar refractivity (Wildman–Crippen MR) is 73.4 cm³/mol. The largest absolute Gasteiger partial charge is 0.481 e. The van der Waals surface area contributed by atoms with Crippen LogP contribution >= 0.6 is 11.3 Å². The average Bonchev–Trinajstić information content (AvgIpc) is 2.65. The first-order valence-corrected chi connectivity index (χ1v) is 6.93. The lowest BCUT2D eigenvalue weighted by Gasteiger charge is -2.22. The molecule has 1 atom stereocenters. The lowest BCUT2D eigenvalue weighted by Crippen LogP contribution is -2.41. The Hall–Kier alpha value is -1.56. The van der Waals surface area contributed by atoms with Gasteiger partial charge in [0.05, 0.1) is 6.42 Å². The molecule has 2 N–H and O–H groups in total. The third-order valence-electron chi connectivity index (χ3n) is 2.20. The molecule has 0 saturated heterocycles. The lowest BCUT2D eigenvalue weighted by molar-refractivity contribution is -0.137. The Morgan fingerprint density at radius 1 is 1.47 bits per heavy atom. The Morgan fingerprint density at radius 2 is 2.16 bits per heavy atom. The fourth-order valence-electron chi connectivity index (χ4n) is 1.55. The minimum Gasteiger partial charge on any atom is -0.481 e. The van der Waals surface area contributed by atoms with E-state index >= 15 is 0 Å². The molecule has 0 aliphatic heterocycles. The van der Waals surface area contributed by atoms with E-state index in [0.717, 1.165) is 5.56 Å². The van der Waals surface area contributed by atoms with Crippen molar-refractivity contribution in [1.29, 1.82) is 0 Å². The molecule has 1 aromatic rings. The van der Waals surface area contributed by atoms with Crippen LogP contribution in [0.25, 0.3) is 0 Å². The number of thiophene rings is 1. The van der Waals surface area contributed by atoms with Crippen molar-refractivity contribution < 1.29 is 19.4 Å². The number of carboxylic acids is 1. The third-order valence-corrected chi connectivity index (χ3v) is 2.94. The number of amides is 1. The molecular formula is C13H19NO4S. The highest BCUT2D eigenvalue weighted by atomic mass is 32.1. The molecule has 0 spiro atoms. The summed E-state index contributed by atoms with van der Waals surface area (Å²) in [5, 5.41) is 15.3. The van der Waals surface area contributed by atoms with Crippen LogP contribution in [0.3, 0.4) is 0 Å². The van der Waals surface area contributed by atoms with Crippen LogP contribution in [0.5, 0.6) is 0 Å². The first-order chi connectivity index (χ1) is 8.76. The quantitative estimate of drug-likeness (QED) is 0.872. The van der Waals surface area contributed by atoms with Gasteiger partial charge in [-0.15, -0.1) is 0 Å². The summed E-state index contributed by atoms with van der Waals surface area (Å²) >= 11 is 1.54. The molecule has 1 heterocycles. The Balaban J connectivity index is 2.59. The number of rotatable bonds is 5. The molecule has 0 aliphatic carbocycles. The van der Waals surface area contributed by atoms with Gasteiger partial charge in [0.15, 0.2) is 0 Å². The van der Waals surface area contributed by atoms with Gasteiger partial charge in [0.2, 0.25) is 0 Å². The van der Waals surface area contributed by atoms with Crippen LogP contribution < -0.4 is 5.32 Å². The average molecular weight is 285 g/mol. The summed E-state index contributed by atoms with van der Waals surface area (Å²) in [6.07, 6.45) is -0.238. The van der Waals surface area contributed by atoms with Crippen LogP contribution in [0, 0.1) is 0 Å². The first-order valence-electron chi connectivity index (χ1n) is 5.98. The predicted octanol–water partition coefficient (Wildman–Crippen LogP) is 2.66. The normalized spacial score (nSPS) is 12.8. The van der Waals surface area contributed by atoms with Crippen LogP contribution in [0.15, 0.2) is 16.8 Å². The first kappa shape index (κ1) is 15.5. The summed E-state index contributed by atoms with van der Waals surface area (Å²) in [7, 11) is 0. The smallest absolute Gasteiger partial charge is 0.407 e. The van der Waals surface area contributed by atoms with E-state index in [1.165, 1.54) is 11.3 Å². The molecule has 1 rings (SSSR count). The van der Waals surface area contributed by atoms with Crippen molar-refractivity contribution >= 4 is 23.4 Å². The van der Waals surface area contributed by atoms with Gasteiger partial charge in [-0.1, -0.05) is 0 Å². The maximum Gasteiger partial charge on any atom is 0.407 e. The number of ether oxygens (including phenoxy) is 1. The van der Waals surface area contributed by atoms with Crippen LogP contribution in [0.1, 0.15) is 32.8 Å². The zero-order valence-electron chi connectivity index (χ0n) is 11.3. The number of carbonyl (C=O) groups is 2. The second-order valence-corrected chi connectivity index (χ2v) is 6.06. The van der Waals surface area contributed by atoms with E-state index in [2.05, 4.69) is 5.32 Å². The highest BCUT2D eigenvalue weighted by Gasteiger charge is 2.21. The van der Waals surface area contributed by atoms with Gasteiger partial charge in [-0.05, 0) is 49.6 Å². The van der Waals surface area contributed by atoms with E-state index in [9.17, 15) is 9.59 Å². The molecule has 0 saturated carbocycles. The van der Waals surface area contributed by atoms with Crippen molar-refractivity contribution in [3.63, 3.8) is 0 Å². The summed E-state index contributed by atoms with van der Waals surface area (Å²) in [6.45, 7) is 5.28. The van der Waals surface area contributed by atoms with E-state index < -0.39 is 23.7 Å². The van der Waals surface area contributed by atoms with E-state index in [-0.39, 0.29) is 6.42 Å². The summed E-state index contributed by atoms with van der Waals surface area (Å²) in [6, 6.07) is 1.44. The summed E-state index contributed by atoms with van der Waals surface area (Å²) in [4.78, 5) is 22.5. The Labute approximate surface area is 116 Å². The molecule has 0 aromatic carbocycles. The van der Waals surface area contributed by atoms with Crippen molar-refractivity contribution in [1.82, 2.24) is 5.32 Å². The van der Waals surface area contributed by atoms with E-state index in [0.29, 0.717) is 6.42 Å². The molecule has 0 aliphatic rings. The maximum absolute atomic E-state index is 11.7. The fraction of sp³-hybridized carbons (Fsp3) is 0.538. The van der Waals surface area contributed by atoms with Gasteiger partial charge in [0.25, 0.3) is 0 Å². The van der Waals surface area contributed by atoms with Gasteiger partial charge in [0.1, 0.15) is 5.60 Å². The maximum atomic E-state index is 11.7. The van der Waals surface area contributed by atoms with Gasteiger partial charge in [-0.25, -0.2) is 4.79 Å². The van der Waals surface area contributed by atoms with E-state index in [4.69, 9.17) is 9.84 Å². The van der Waals surface area contributed by atoms with Crippen LogP contribution in [-0.2, 0) is 16.0 Å². The summed E-state index contributed by atoms with van der Waals surface area (Å²) in [5.74, 6) is -0.948. The van der Waals surface area contributed by atoms with Crippen molar-refractivity contribution in [3.8, 4) is 0 Å². The topological polar surface area (TPSA) is 75.6 Å². The second kappa shape index (κ2) is 6.56. The van der Waals surface area contributed by atoms with Gasteiger partial charge >= 0.3 is 12.1 Å². The minimum atomic E-state index is -0.948. The standard InChI is InChI=1S/C13H19NO4S/c1-13(2,3)18-12(17)14-10(7-11(15)16)6-9-4-5-19-8-9/h4-5,8,10H,6-7H2,1-3H3,(H,14,17)(H,15,16). The van der Waals surface area contributed by atoms with Crippen LogP contribution in [0.4, 0.5) is 4.79 Å². The number of aliphatic carboxylic acids is 1. The number of nitrogens with one attached hydrogen (secondary N) is 1. The molecule has 0 fully saturated rings. The SMILES string of the molecule is CC(C)(C)OC(=O)NC(CC(=O)O)Cc1ccsc1. The van der Waals surface area contributed by atoms with Gasteiger partial charge in [-0.2, -0.15) is 11.3 Å². The second-order valence-electron chi connectivity index (χ2n) is 5.28. The zero-order chi connectivity index (χ0) is 14.5. The molecule has 1 unspecified atom stereocenters. The van der Waals surface area contributed by atoms with Gasteiger partial charge in [-0.3, -0.25) is 4.79 Å². The molecule has 5 nitrogen and oxygen atoms in total. The number of carbonyl (C=O) groups excluding carboxylic acids is 1. The Morgan fingerprint density at radius 3 is 2.63 bits per heavy atom. The van der Waals surface area contributed by atoms with Crippen LogP contribution in [0.2, 0.25) is 0 Å².